The second kappa shape index (κ2) is 7.51. The number of benzene rings is 3. The minimum absolute atomic E-state index is 0.366. The number of fused-ring (bicyclic) bond motifs is 1. The lowest BCUT2D eigenvalue weighted by atomic mass is 9.85. The zero-order valence-electron chi connectivity index (χ0n) is 16.6. The van der Waals surface area contributed by atoms with Crippen LogP contribution in [0.2, 0.25) is 0 Å². The number of carbonyl (C=O) groups is 2. The van der Waals surface area contributed by atoms with E-state index in [-0.39, 0.29) is 11.8 Å². The number of rotatable bonds is 5. The van der Waals surface area contributed by atoms with Crippen LogP contribution in [0.1, 0.15) is 31.8 Å². The molecule has 5 nitrogen and oxygen atoms in total. The maximum atomic E-state index is 13.1. The highest BCUT2D eigenvalue weighted by molar-refractivity contribution is 6.34. The van der Waals surface area contributed by atoms with Gasteiger partial charge in [-0.1, -0.05) is 48.4 Å². The number of methoxy groups -OCH3 is 2. The van der Waals surface area contributed by atoms with Crippen molar-refractivity contribution in [3.63, 3.8) is 0 Å². The summed E-state index contributed by atoms with van der Waals surface area (Å²) < 4.78 is 11.1. The lowest BCUT2D eigenvalue weighted by Crippen LogP contribution is -2.35. The molecule has 30 heavy (non-hydrogen) atoms. The average Bonchev–Trinajstić information content (AvgIpc) is 3.06. The number of hydrogen-bond acceptors (Lipinski definition) is 4. The van der Waals surface area contributed by atoms with E-state index in [4.69, 9.17) is 15.9 Å². The molecular weight excluding hydrogens is 378 g/mol. The third kappa shape index (κ3) is 2.78. The molecule has 3 aromatic rings. The Morgan fingerprint density at radius 1 is 0.833 bits per heavy atom. The molecule has 0 saturated carbocycles. The van der Waals surface area contributed by atoms with Gasteiger partial charge in [0, 0.05) is 18.2 Å². The van der Waals surface area contributed by atoms with Crippen LogP contribution in [-0.4, -0.2) is 26.0 Å². The molecule has 1 aliphatic rings. The van der Waals surface area contributed by atoms with Crippen molar-refractivity contribution in [2.75, 3.05) is 19.1 Å². The van der Waals surface area contributed by atoms with Gasteiger partial charge in [0.05, 0.1) is 23.9 Å². The molecule has 0 saturated heterocycles. The molecule has 148 valence electrons. The maximum absolute atomic E-state index is 13.1. The molecule has 0 N–H and O–H groups in total. The number of amides is 2. The van der Waals surface area contributed by atoms with E-state index >= 15 is 0 Å². The Hall–Kier alpha value is -3.88. The Morgan fingerprint density at radius 2 is 1.40 bits per heavy atom. The first-order valence-electron chi connectivity index (χ1n) is 9.32. The van der Waals surface area contributed by atoms with Crippen LogP contribution in [0.4, 0.5) is 5.69 Å². The number of terminal acetylenes is 1. The van der Waals surface area contributed by atoms with Gasteiger partial charge in [-0.25, -0.2) is 4.90 Å². The van der Waals surface area contributed by atoms with Crippen LogP contribution in [-0.2, 0) is 10.3 Å². The van der Waals surface area contributed by atoms with Gasteiger partial charge in [-0.2, -0.15) is 0 Å². The second-order valence-corrected chi connectivity index (χ2v) is 6.77. The summed E-state index contributed by atoms with van der Waals surface area (Å²) in [5, 5.41) is 0. The number of nitrogens with zero attached hydrogens (tertiary/aromatic N) is 1. The summed E-state index contributed by atoms with van der Waals surface area (Å²) in [6.07, 6.45) is 5.98. The average molecular weight is 397 g/mol. The van der Waals surface area contributed by atoms with Crippen LogP contribution in [0.5, 0.6) is 5.75 Å². The van der Waals surface area contributed by atoms with Crippen molar-refractivity contribution in [3.05, 3.63) is 95.1 Å². The molecule has 3 aromatic carbocycles. The monoisotopic (exact) mass is 397 g/mol. The third-order valence-electron chi connectivity index (χ3n) is 5.32. The summed E-state index contributed by atoms with van der Waals surface area (Å²) in [5.41, 5.74) is 1.01. The summed E-state index contributed by atoms with van der Waals surface area (Å²) in [7, 11) is 3.08. The summed E-state index contributed by atoms with van der Waals surface area (Å²) in [5.74, 6) is 2.63. The fourth-order valence-corrected chi connectivity index (χ4v) is 3.80. The topological polar surface area (TPSA) is 55.8 Å². The van der Waals surface area contributed by atoms with Crippen molar-refractivity contribution in [2.24, 2.45) is 0 Å². The summed E-state index contributed by atoms with van der Waals surface area (Å²) in [4.78, 5) is 27.3. The first-order valence-corrected chi connectivity index (χ1v) is 9.32. The molecule has 0 radical (unpaired) electrons. The van der Waals surface area contributed by atoms with Gasteiger partial charge in [-0.05, 0) is 30.3 Å². The number of carbonyl (C=O) groups excluding carboxylic acids is 2. The van der Waals surface area contributed by atoms with E-state index in [9.17, 15) is 9.59 Å². The fourth-order valence-electron chi connectivity index (χ4n) is 3.80. The lowest BCUT2D eigenvalue weighted by Gasteiger charge is -2.31. The van der Waals surface area contributed by atoms with Crippen LogP contribution < -0.4 is 9.64 Å². The standard InChI is InChI=1S/C25H19NO4/c1-4-25(30-3,17-13-15-18(29-2)16-14-17)21-11-7-8-12-22(21)26-23(27)19-9-5-6-10-20(19)24(26)28/h1,5-16H,2-3H3. The molecule has 1 unspecified atom stereocenters. The first-order chi connectivity index (χ1) is 14.6. The first kappa shape index (κ1) is 19.4. The van der Waals surface area contributed by atoms with Crippen molar-refractivity contribution >= 4 is 17.5 Å². The minimum Gasteiger partial charge on any atom is -0.497 e. The Morgan fingerprint density at radius 3 is 1.93 bits per heavy atom. The highest BCUT2D eigenvalue weighted by atomic mass is 16.5. The van der Waals surface area contributed by atoms with E-state index in [0.29, 0.717) is 33.7 Å². The largest absolute Gasteiger partial charge is 0.497 e. The molecule has 0 aromatic heterocycles. The van der Waals surface area contributed by atoms with E-state index < -0.39 is 5.60 Å². The van der Waals surface area contributed by atoms with Crippen LogP contribution in [0.25, 0.3) is 0 Å². The highest BCUT2D eigenvalue weighted by Crippen LogP contribution is 2.41. The van der Waals surface area contributed by atoms with Gasteiger partial charge in [-0.3, -0.25) is 9.59 Å². The maximum Gasteiger partial charge on any atom is 0.266 e. The van der Waals surface area contributed by atoms with Gasteiger partial charge in [0.25, 0.3) is 11.8 Å². The van der Waals surface area contributed by atoms with Crippen LogP contribution in [0.15, 0.2) is 72.8 Å². The predicted octanol–water partition coefficient (Wildman–Crippen LogP) is 4.02. The molecule has 4 rings (SSSR count). The number of anilines is 1. The predicted molar refractivity (Wildman–Crippen MR) is 114 cm³/mol. The third-order valence-corrected chi connectivity index (χ3v) is 5.32. The molecule has 1 atom stereocenters. The fraction of sp³-hybridized carbons (Fsp3) is 0.120. The van der Waals surface area contributed by atoms with E-state index in [1.165, 1.54) is 7.11 Å². The van der Waals surface area contributed by atoms with Crippen molar-refractivity contribution in [3.8, 4) is 18.1 Å². The number of imide groups is 1. The van der Waals surface area contributed by atoms with E-state index in [1.54, 1.807) is 79.9 Å². The summed E-state index contributed by atoms with van der Waals surface area (Å²) in [6.45, 7) is 0. The van der Waals surface area contributed by atoms with Crippen molar-refractivity contribution < 1.29 is 19.1 Å². The molecular formula is C25H19NO4. The van der Waals surface area contributed by atoms with Gasteiger partial charge in [-0.15, -0.1) is 6.42 Å². The molecule has 0 bridgehead atoms. The minimum atomic E-state index is -1.31. The van der Waals surface area contributed by atoms with Gasteiger partial charge in [0.1, 0.15) is 5.75 Å². The number of ether oxygens (including phenoxy) is 2. The molecule has 2 amide bonds. The number of para-hydroxylation sites is 1. The Balaban J connectivity index is 1.90. The van der Waals surface area contributed by atoms with Crippen LogP contribution in [0.3, 0.4) is 0 Å². The Bertz CT molecular complexity index is 1140. The quantitative estimate of drug-likeness (QED) is 0.482. The second-order valence-electron chi connectivity index (χ2n) is 6.77. The normalized spacial score (nSPS) is 14.8. The molecule has 5 heteroatoms. The van der Waals surface area contributed by atoms with E-state index in [1.807, 2.05) is 0 Å². The van der Waals surface area contributed by atoms with E-state index in [2.05, 4.69) is 5.92 Å². The van der Waals surface area contributed by atoms with E-state index in [0.717, 1.165) is 4.90 Å². The summed E-state index contributed by atoms with van der Waals surface area (Å²) >= 11 is 0. The molecule has 1 heterocycles. The van der Waals surface area contributed by atoms with Gasteiger partial charge in [0.2, 0.25) is 0 Å². The Kier molecular flexibility index (Phi) is 4.86. The van der Waals surface area contributed by atoms with Crippen LogP contribution in [0, 0.1) is 12.3 Å². The lowest BCUT2D eigenvalue weighted by molar-refractivity contribution is 0.0743. The summed E-state index contributed by atoms with van der Waals surface area (Å²) in [6, 6.07) is 21.0. The van der Waals surface area contributed by atoms with Crippen molar-refractivity contribution in [1.29, 1.82) is 0 Å². The smallest absolute Gasteiger partial charge is 0.266 e. The van der Waals surface area contributed by atoms with Crippen molar-refractivity contribution in [2.45, 2.75) is 5.60 Å². The Labute approximate surface area is 174 Å². The van der Waals surface area contributed by atoms with Gasteiger partial charge >= 0.3 is 0 Å². The molecule has 0 spiro atoms. The van der Waals surface area contributed by atoms with Gasteiger partial charge in [0.15, 0.2) is 5.60 Å². The SMILES string of the molecule is C#CC(OC)(c1ccc(OC)cc1)c1ccccc1N1C(=O)c2ccccc2C1=O. The number of hydrogen-bond donors (Lipinski definition) is 0. The van der Waals surface area contributed by atoms with Gasteiger partial charge < -0.3 is 9.47 Å². The zero-order chi connectivity index (χ0) is 21.3. The molecule has 0 fully saturated rings. The van der Waals surface area contributed by atoms with Crippen molar-refractivity contribution in [1.82, 2.24) is 0 Å². The van der Waals surface area contributed by atoms with Crippen LogP contribution >= 0.6 is 0 Å². The molecule has 0 aliphatic carbocycles. The zero-order valence-corrected chi connectivity index (χ0v) is 16.6. The highest BCUT2D eigenvalue weighted by Gasteiger charge is 2.42. The molecule has 1 aliphatic heterocycles.